The molecule has 0 bridgehead atoms. The van der Waals surface area contributed by atoms with E-state index in [2.05, 4.69) is 0 Å². The molecule has 0 amide bonds. The van der Waals surface area contributed by atoms with Gasteiger partial charge in [-0.25, -0.2) is 4.79 Å². The summed E-state index contributed by atoms with van der Waals surface area (Å²) in [6, 6.07) is 2.91. The third-order valence-electron chi connectivity index (χ3n) is 3.25. The first-order valence-electron chi connectivity index (χ1n) is 5.94. The van der Waals surface area contributed by atoms with Gasteiger partial charge in [-0.2, -0.15) is 4.39 Å². The first-order chi connectivity index (χ1) is 9.02. The molecule has 6 nitrogen and oxygen atoms in total. The van der Waals surface area contributed by atoms with Crippen LogP contribution in [-0.4, -0.2) is 28.6 Å². The van der Waals surface area contributed by atoms with E-state index in [1.54, 1.807) is 0 Å². The molecule has 1 aromatic carbocycles. The Hall–Kier alpha value is -2.18. The smallest absolute Gasteiger partial charge is 0.327 e. The van der Waals surface area contributed by atoms with Crippen LogP contribution in [0.15, 0.2) is 18.2 Å². The van der Waals surface area contributed by atoms with Crippen molar-refractivity contribution in [1.82, 2.24) is 0 Å². The molecule has 0 spiro atoms. The number of halogens is 1. The summed E-state index contributed by atoms with van der Waals surface area (Å²) >= 11 is 0. The fourth-order valence-electron chi connectivity index (χ4n) is 2.39. The maximum Gasteiger partial charge on any atom is 0.327 e. The highest BCUT2D eigenvalue weighted by atomic mass is 19.1. The molecule has 102 valence electrons. The summed E-state index contributed by atoms with van der Waals surface area (Å²) in [5.41, 5.74) is -0.618. The molecule has 0 saturated carbocycles. The van der Waals surface area contributed by atoms with Gasteiger partial charge in [0, 0.05) is 6.54 Å². The Balaban J connectivity index is 2.47. The van der Waals surface area contributed by atoms with Crippen molar-refractivity contribution < 1.29 is 19.2 Å². The lowest BCUT2D eigenvalue weighted by atomic mass is 10.0. The van der Waals surface area contributed by atoms with E-state index >= 15 is 0 Å². The zero-order chi connectivity index (χ0) is 14.0. The van der Waals surface area contributed by atoms with Gasteiger partial charge in [0.1, 0.15) is 11.7 Å². The van der Waals surface area contributed by atoms with Crippen LogP contribution in [0, 0.1) is 15.9 Å². The Labute approximate surface area is 108 Å². The second-order valence-corrected chi connectivity index (χ2v) is 4.41. The third-order valence-corrected chi connectivity index (χ3v) is 3.25. The maximum atomic E-state index is 13.6. The number of hydrogen-bond acceptors (Lipinski definition) is 4. The number of nitro benzene ring substituents is 1. The van der Waals surface area contributed by atoms with E-state index < -0.39 is 28.4 Å². The predicted molar refractivity (Wildman–Crippen MR) is 65.7 cm³/mol. The van der Waals surface area contributed by atoms with Gasteiger partial charge in [-0.15, -0.1) is 0 Å². The van der Waals surface area contributed by atoms with E-state index in [1.807, 2.05) is 0 Å². The van der Waals surface area contributed by atoms with Crippen molar-refractivity contribution in [3.05, 3.63) is 34.1 Å². The van der Waals surface area contributed by atoms with Gasteiger partial charge in [0.2, 0.25) is 5.82 Å². The van der Waals surface area contributed by atoms with Crippen LogP contribution in [0.5, 0.6) is 0 Å². The number of carboxylic acid groups (broad SMARTS) is 1. The average Bonchev–Trinajstić information content (AvgIpc) is 2.37. The molecule has 0 aromatic heterocycles. The molecular formula is C12H13FN2O4. The van der Waals surface area contributed by atoms with Gasteiger partial charge >= 0.3 is 11.7 Å². The summed E-state index contributed by atoms with van der Waals surface area (Å²) in [6.45, 7) is 0.376. The molecule has 1 heterocycles. The minimum Gasteiger partial charge on any atom is -0.480 e. The Bertz CT molecular complexity index is 520. The summed E-state index contributed by atoms with van der Waals surface area (Å²) < 4.78 is 13.6. The number of rotatable bonds is 3. The zero-order valence-electron chi connectivity index (χ0n) is 10.1. The normalized spacial score (nSPS) is 19.2. The molecule has 1 saturated heterocycles. The fourth-order valence-corrected chi connectivity index (χ4v) is 2.39. The highest BCUT2D eigenvalue weighted by Gasteiger charge is 2.33. The molecule has 1 aliphatic heterocycles. The van der Waals surface area contributed by atoms with Crippen molar-refractivity contribution in [2.45, 2.75) is 25.3 Å². The number of para-hydroxylation sites is 1. The molecule has 1 unspecified atom stereocenters. The second-order valence-electron chi connectivity index (χ2n) is 4.41. The Morgan fingerprint density at radius 3 is 2.84 bits per heavy atom. The van der Waals surface area contributed by atoms with Gasteiger partial charge in [-0.3, -0.25) is 10.1 Å². The first kappa shape index (κ1) is 13.3. The van der Waals surface area contributed by atoms with Crippen LogP contribution < -0.4 is 4.90 Å². The van der Waals surface area contributed by atoms with Crippen molar-refractivity contribution in [3.63, 3.8) is 0 Å². The van der Waals surface area contributed by atoms with Crippen molar-refractivity contribution >= 4 is 17.3 Å². The topological polar surface area (TPSA) is 83.7 Å². The number of carbonyl (C=O) groups is 1. The molecule has 2 rings (SSSR count). The van der Waals surface area contributed by atoms with Crippen molar-refractivity contribution in [2.24, 2.45) is 0 Å². The number of benzene rings is 1. The number of piperidine rings is 1. The number of nitro groups is 1. The van der Waals surface area contributed by atoms with Crippen LogP contribution in [0.3, 0.4) is 0 Å². The van der Waals surface area contributed by atoms with E-state index in [0.717, 1.165) is 18.9 Å². The Morgan fingerprint density at radius 2 is 2.21 bits per heavy atom. The van der Waals surface area contributed by atoms with Crippen molar-refractivity contribution in [2.75, 3.05) is 11.4 Å². The zero-order valence-corrected chi connectivity index (χ0v) is 10.1. The molecule has 1 aromatic rings. The second kappa shape index (κ2) is 5.21. The van der Waals surface area contributed by atoms with Gasteiger partial charge in [-0.05, 0) is 31.4 Å². The van der Waals surface area contributed by atoms with E-state index in [1.165, 1.54) is 17.0 Å². The van der Waals surface area contributed by atoms with Gasteiger partial charge < -0.3 is 10.0 Å². The number of anilines is 1. The van der Waals surface area contributed by atoms with Crippen LogP contribution in [-0.2, 0) is 4.79 Å². The van der Waals surface area contributed by atoms with Gasteiger partial charge in [0.15, 0.2) is 0 Å². The standard InChI is InChI=1S/C12H13FN2O4/c13-8-4-3-6-9(11(8)15(18)19)14-7-2-1-5-10(14)12(16)17/h3-4,6,10H,1-2,5,7H2,(H,16,17). The van der Waals surface area contributed by atoms with E-state index in [4.69, 9.17) is 5.11 Å². The first-order valence-corrected chi connectivity index (χ1v) is 5.94. The third kappa shape index (κ3) is 2.49. The largest absolute Gasteiger partial charge is 0.480 e. The Morgan fingerprint density at radius 1 is 1.47 bits per heavy atom. The molecule has 0 aliphatic carbocycles. The molecule has 19 heavy (non-hydrogen) atoms. The molecule has 1 N–H and O–H groups in total. The van der Waals surface area contributed by atoms with Crippen LogP contribution in [0.25, 0.3) is 0 Å². The molecule has 1 atom stereocenters. The summed E-state index contributed by atoms with van der Waals surface area (Å²) in [7, 11) is 0. The lowest BCUT2D eigenvalue weighted by Crippen LogP contribution is -2.45. The van der Waals surface area contributed by atoms with Crippen LogP contribution in [0.2, 0.25) is 0 Å². The number of nitrogens with zero attached hydrogens (tertiary/aromatic N) is 2. The molecule has 1 aliphatic rings. The highest BCUT2D eigenvalue weighted by molar-refractivity contribution is 5.80. The molecule has 7 heteroatoms. The lowest BCUT2D eigenvalue weighted by molar-refractivity contribution is -0.386. The van der Waals surface area contributed by atoms with Crippen LogP contribution in [0.4, 0.5) is 15.8 Å². The average molecular weight is 268 g/mol. The summed E-state index contributed by atoms with van der Waals surface area (Å²) in [4.78, 5) is 22.8. The number of aliphatic carboxylic acids is 1. The monoisotopic (exact) mass is 268 g/mol. The molecular weight excluding hydrogens is 255 g/mol. The van der Waals surface area contributed by atoms with Gasteiger partial charge in [0.05, 0.1) is 4.92 Å². The maximum absolute atomic E-state index is 13.6. The van der Waals surface area contributed by atoms with Gasteiger partial charge in [0.25, 0.3) is 0 Å². The predicted octanol–water partition coefficient (Wildman–Crippen LogP) is 2.18. The summed E-state index contributed by atoms with van der Waals surface area (Å²) in [5.74, 6) is -1.99. The van der Waals surface area contributed by atoms with E-state index in [9.17, 15) is 19.3 Å². The van der Waals surface area contributed by atoms with Crippen molar-refractivity contribution in [1.29, 1.82) is 0 Å². The molecule has 0 radical (unpaired) electrons. The van der Waals surface area contributed by atoms with E-state index in [0.29, 0.717) is 13.0 Å². The quantitative estimate of drug-likeness (QED) is 0.671. The van der Waals surface area contributed by atoms with E-state index in [-0.39, 0.29) is 5.69 Å². The highest BCUT2D eigenvalue weighted by Crippen LogP contribution is 2.34. The van der Waals surface area contributed by atoms with Crippen molar-refractivity contribution in [3.8, 4) is 0 Å². The van der Waals surface area contributed by atoms with Crippen LogP contribution >= 0.6 is 0 Å². The lowest BCUT2D eigenvalue weighted by Gasteiger charge is -2.34. The SMILES string of the molecule is O=C(O)C1CCCCN1c1cccc(F)c1[N+](=O)[O-]. The summed E-state index contributed by atoms with van der Waals surface area (Å²) in [5, 5.41) is 20.1. The minimum absolute atomic E-state index is 0.0390. The van der Waals surface area contributed by atoms with Crippen LogP contribution in [0.1, 0.15) is 19.3 Å². The summed E-state index contributed by atoms with van der Waals surface area (Å²) in [6.07, 6.45) is 1.89. The van der Waals surface area contributed by atoms with Gasteiger partial charge in [-0.1, -0.05) is 6.07 Å². The number of carboxylic acids is 1. The fraction of sp³-hybridized carbons (Fsp3) is 0.417. The minimum atomic E-state index is -1.04. The molecule has 1 fully saturated rings. The number of hydrogen-bond donors (Lipinski definition) is 1. The Kier molecular flexibility index (Phi) is 3.64.